The third kappa shape index (κ3) is 2.23. The summed E-state index contributed by atoms with van der Waals surface area (Å²) in [6, 6.07) is 3.47. The standard InChI is InChI=1S/C11H15FO2/c1-7-4-5-9(6-8(2)13)11(14-3)10(7)12/h4-5,8,13H,6H2,1-3H3. The lowest BCUT2D eigenvalue weighted by Crippen LogP contribution is -2.07. The molecule has 0 heterocycles. The molecule has 2 nitrogen and oxygen atoms in total. The summed E-state index contributed by atoms with van der Waals surface area (Å²) in [7, 11) is 1.43. The van der Waals surface area contributed by atoms with Crippen molar-refractivity contribution in [3.63, 3.8) is 0 Å². The Labute approximate surface area is 83.3 Å². The van der Waals surface area contributed by atoms with Gasteiger partial charge >= 0.3 is 0 Å². The summed E-state index contributed by atoms with van der Waals surface area (Å²) < 4.78 is 18.5. The predicted octanol–water partition coefficient (Wildman–Crippen LogP) is 2.07. The van der Waals surface area contributed by atoms with Crippen LogP contribution in [0.15, 0.2) is 12.1 Å². The second kappa shape index (κ2) is 4.42. The first-order valence-electron chi connectivity index (χ1n) is 4.56. The topological polar surface area (TPSA) is 29.5 Å². The Kier molecular flexibility index (Phi) is 3.47. The van der Waals surface area contributed by atoms with Crippen LogP contribution in [0.1, 0.15) is 18.1 Å². The van der Waals surface area contributed by atoms with Crippen molar-refractivity contribution in [1.29, 1.82) is 0 Å². The molecule has 78 valence electrons. The minimum atomic E-state index is -0.494. The molecule has 0 aliphatic heterocycles. The highest BCUT2D eigenvalue weighted by molar-refractivity contribution is 5.39. The highest BCUT2D eigenvalue weighted by Crippen LogP contribution is 2.26. The molecule has 0 saturated heterocycles. The molecule has 1 unspecified atom stereocenters. The van der Waals surface area contributed by atoms with Crippen molar-refractivity contribution in [3.05, 3.63) is 29.1 Å². The fourth-order valence-electron chi connectivity index (χ4n) is 1.39. The first-order chi connectivity index (χ1) is 6.56. The van der Waals surface area contributed by atoms with Crippen molar-refractivity contribution in [3.8, 4) is 5.75 Å². The second-order valence-corrected chi connectivity index (χ2v) is 3.44. The maximum absolute atomic E-state index is 13.5. The van der Waals surface area contributed by atoms with E-state index in [9.17, 15) is 9.50 Å². The zero-order valence-electron chi connectivity index (χ0n) is 8.67. The average molecular weight is 198 g/mol. The van der Waals surface area contributed by atoms with Crippen LogP contribution >= 0.6 is 0 Å². The molecule has 1 atom stereocenters. The van der Waals surface area contributed by atoms with Crippen molar-refractivity contribution < 1.29 is 14.2 Å². The fourth-order valence-corrected chi connectivity index (χ4v) is 1.39. The minimum absolute atomic E-state index is 0.242. The van der Waals surface area contributed by atoms with E-state index in [0.29, 0.717) is 17.5 Å². The molecular formula is C11H15FO2. The lowest BCUT2D eigenvalue weighted by Gasteiger charge is -2.12. The van der Waals surface area contributed by atoms with E-state index in [1.165, 1.54) is 7.11 Å². The Morgan fingerprint density at radius 2 is 2.14 bits per heavy atom. The maximum atomic E-state index is 13.5. The highest BCUT2D eigenvalue weighted by atomic mass is 19.1. The van der Waals surface area contributed by atoms with Crippen molar-refractivity contribution in [2.24, 2.45) is 0 Å². The molecule has 1 N–H and O–H groups in total. The molecule has 0 bridgehead atoms. The molecule has 1 aromatic carbocycles. The van der Waals surface area contributed by atoms with Crippen molar-refractivity contribution in [2.45, 2.75) is 26.4 Å². The van der Waals surface area contributed by atoms with E-state index in [0.717, 1.165) is 0 Å². The minimum Gasteiger partial charge on any atom is -0.493 e. The van der Waals surface area contributed by atoms with E-state index in [4.69, 9.17) is 4.74 Å². The van der Waals surface area contributed by atoms with Gasteiger partial charge < -0.3 is 9.84 Å². The number of aryl methyl sites for hydroxylation is 1. The summed E-state index contributed by atoms with van der Waals surface area (Å²) in [5.41, 5.74) is 1.25. The van der Waals surface area contributed by atoms with Gasteiger partial charge in [0, 0.05) is 6.42 Å². The van der Waals surface area contributed by atoms with Crippen LogP contribution < -0.4 is 4.74 Å². The third-order valence-electron chi connectivity index (χ3n) is 2.09. The first-order valence-corrected chi connectivity index (χ1v) is 4.56. The summed E-state index contributed by atoms with van der Waals surface area (Å²) in [5, 5.41) is 9.21. The number of methoxy groups -OCH3 is 1. The van der Waals surface area contributed by atoms with Gasteiger partial charge in [0.15, 0.2) is 11.6 Å². The molecule has 1 aromatic rings. The summed E-state index contributed by atoms with van der Waals surface area (Å²) in [5.74, 6) is -0.100. The van der Waals surface area contributed by atoms with Crippen LogP contribution in [0.2, 0.25) is 0 Å². The highest BCUT2D eigenvalue weighted by Gasteiger charge is 2.12. The average Bonchev–Trinajstić information content (AvgIpc) is 2.11. The molecule has 3 heteroatoms. The molecule has 0 amide bonds. The predicted molar refractivity (Wildman–Crippen MR) is 53.1 cm³/mol. The summed E-state index contributed by atoms with van der Waals surface area (Å²) in [6.07, 6.45) is -0.0913. The van der Waals surface area contributed by atoms with Gasteiger partial charge in [0.2, 0.25) is 0 Å². The molecule has 0 aliphatic carbocycles. The first kappa shape index (κ1) is 11.0. The monoisotopic (exact) mass is 198 g/mol. The van der Waals surface area contributed by atoms with Gasteiger partial charge in [0.25, 0.3) is 0 Å². The number of ether oxygens (including phenoxy) is 1. The smallest absolute Gasteiger partial charge is 0.168 e. The largest absolute Gasteiger partial charge is 0.493 e. The van der Waals surface area contributed by atoms with Gasteiger partial charge in [-0.1, -0.05) is 12.1 Å². The van der Waals surface area contributed by atoms with Crippen LogP contribution in [0.5, 0.6) is 5.75 Å². The van der Waals surface area contributed by atoms with Gasteiger partial charge in [-0.05, 0) is 25.0 Å². The lowest BCUT2D eigenvalue weighted by atomic mass is 10.0. The quantitative estimate of drug-likeness (QED) is 0.805. The van der Waals surface area contributed by atoms with Crippen molar-refractivity contribution in [1.82, 2.24) is 0 Å². The summed E-state index contributed by atoms with van der Waals surface area (Å²) >= 11 is 0. The number of aliphatic hydroxyl groups is 1. The number of halogens is 1. The van der Waals surface area contributed by atoms with Crippen LogP contribution in [0.25, 0.3) is 0 Å². The Balaban J connectivity index is 3.10. The third-order valence-corrected chi connectivity index (χ3v) is 2.09. The Morgan fingerprint density at radius 1 is 1.50 bits per heavy atom. The van der Waals surface area contributed by atoms with E-state index in [2.05, 4.69) is 0 Å². The van der Waals surface area contributed by atoms with Gasteiger partial charge in [-0.2, -0.15) is 0 Å². The number of hydrogen-bond acceptors (Lipinski definition) is 2. The van der Waals surface area contributed by atoms with Gasteiger partial charge in [0.1, 0.15) is 0 Å². The summed E-state index contributed by atoms with van der Waals surface area (Å²) in [6.45, 7) is 3.35. The normalized spacial score (nSPS) is 12.6. The van der Waals surface area contributed by atoms with Gasteiger partial charge in [-0.3, -0.25) is 0 Å². The van der Waals surface area contributed by atoms with E-state index in [1.807, 2.05) is 0 Å². The molecule has 0 aliphatic rings. The number of aliphatic hydroxyl groups excluding tert-OH is 1. The zero-order chi connectivity index (χ0) is 10.7. The molecule has 1 rings (SSSR count). The zero-order valence-corrected chi connectivity index (χ0v) is 8.67. The van der Waals surface area contributed by atoms with Crippen LogP contribution in [-0.4, -0.2) is 18.3 Å². The van der Waals surface area contributed by atoms with E-state index < -0.39 is 6.10 Å². The molecule has 0 fully saturated rings. The van der Waals surface area contributed by atoms with E-state index >= 15 is 0 Å². The molecular weight excluding hydrogens is 183 g/mol. The van der Waals surface area contributed by atoms with E-state index in [1.54, 1.807) is 26.0 Å². The van der Waals surface area contributed by atoms with Crippen LogP contribution in [-0.2, 0) is 6.42 Å². The summed E-state index contributed by atoms with van der Waals surface area (Å²) in [4.78, 5) is 0. The Bertz CT molecular complexity index is 321. The number of hydrogen-bond donors (Lipinski definition) is 1. The number of rotatable bonds is 3. The molecule has 0 saturated carbocycles. The second-order valence-electron chi connectivity index (χ2n) is 3.44. The van der Waals surface area contributed by atoms with Crippen molar-refractivity contribution in [2.75, 3.05) is 7.11 Å². The van der Waals surface area contributed by atoms with Gasteiger partial charge in [-0.25, -0.2) is 4.39 Å². The molecule has 0 spiro atoms. The lowest BCUT2D eigenvalue weighted by molar-refractivity contribution is 0.194. The molecule has 0 radical (unpaired) electrons. The molecule has 14 heavy (non-hydrogen) atoms. The maximum Gasteiger partial charge on any atom is 0.168 e. The Morgan fingerprint density at radius 3 is 2.64 bits per heavy atom. The van der Waals surface area contributed by atoms with Crippen molar-refractivity contribution >= 4 is 0 Å². The van der Waals surface area contributed by atoms with E-state index in [-0.39, 0.29) is 11.6 Å². The number of benzene rings is 1. The molecule has 0 aromatic heterocycles. The van der Waals surface area contributed by atoms with Crippen LogP contribution in [0.4, 0.5) is 4.39 Å². The van der Waals surface area contributed by atoms with Gasteiger partial charge in [0.05, 0.1) is 13.2 Å². The van der Waals surface area contributed by atoms with Gasteiger partial charge in [-0.15, -0.1) is 0 Å². The Hall–Kier alpha value is -1.09. The van der Waals surface area contributed by atoms with Crippen LogP contribution in [0, 0.1) is 12.7 Å². The SMILES string of the molecule is COc1c(CC(C)O)ccc(C)c1F. The fraction of sp³-hybridized carbons (Fsp3) is 0.455. The van der Waals surface area contributed by atoms with Crippen LogP contribution in [0.3, 0.4) is 0 Å².